The number of nitrogens with zero attached hydrogens (tertiary/aromatic N) is 6. The fourth-order valence-corrected chi connectivity index (χ4v) is 4.18. The first-order valence-corrected chi connectivity index (χ1v) is 9.79. The second kappa shape index (κ2) is 7.85. The number of amides is 3. The molecule has 4 heterocycles. The molecule has 27 heavy (non-hydrogen) atoms. The molecule has 148 valence electrons. The Morgan fingerprint density at radius 2 is 1.78 bits per heavy atom. The van der Waals surface area contributed by atoms with E-state index in [-0.39, 0.29) is 18.0 Å². The number of hydrogen-bond acceptors (Lipinski definition) is 5. The standard InChI is InChI=1S/C18H28N6O3/c1-20-14-15(13-19-20)24-4-2-3-16(17(24)25)21-5-7-22(8-6-21)18(26)23-9-11-27-12-10-23/h13-14,16H,2-12H2,1H3. The van der Waals surface area contributed by atoms with Crippen LogP contribution in [0.25, 0.3) is 0 Å². The number of ether oxygens (including phenoxy) is 1. The minimum Gasteiger partial charge on any atom is -0.378 e. The maximum Gasteiger partial charge on any atom is 0.320 e. The minimum atomic E-state index is -0.0976. The van der Waals surface area contributed by atoms with E-state index in [0.717, 1.165) is 38.2 Å². The molecule has 0 radical (unpaired) electrons. The molecule has 0 bridgehead atoms. The van der Waals surface area contributed by atoms with E-state index in [1.165, 1.54) is 0 Å². The topological polar surface area (TPSA) is 74.2 Å². The summed E-state index contributed by atoms with van der Waals surface area (Å²) >= 11 is 0. The second-order valence-corrected chi connectivity index (χ2v) is 7.43. The van der Waals surface area contributed by atoms with Crippen molar-refractivity contribution >= 4 is 17.6 Å². The van der Waals surface area contributed by atoms with E-state index >= 15 is 0 Å². The zero-order valence-corrected chi connectivity index (χ0v) is 15.9. The fourth-order valence-electron chi connectivity index (χ4n) is 4.18. The predicted molar refractivity (Wildman–Crippen MR) is 99.5 cm³/mol. The molecule has 4 rings (SSSR count). The quantitative estimate of drug-likeness (QED) is 0.726. The van der Waals surface area contributed by atoms with Crippen molar-refractivity contribution in [3.8, 4) is 0 Å². The molecule has 3 aliphatic heterocycles. The summed E-state index contributed by atoms with van der Waals surface area (Å²) in [6.45, 7) is 6.15. The van der Waals surface area contributed by atoms with Gasteiger partial charge in [0.15, 0.2) is 0 Å². The molecule has 3 fully saturated rings. The van der Waals surface area contributed by atoms with Crippen molar-refractivity contribution in [1.82, 2.24) is 24.5 Å². The lowest BCUT2D eigenvalue weighted by Gasteiger charge is -2.43. The largest absolute Gasteiger partial charge is 0.378 e. The van der Waals surface area contributed by atoms with Crippen LogP contribution in [0.4, 0.5) is 10.5 Å². The maximum atomic E-state index is 13.0. The number of carbonyl (C=O) groups is 2. The third kappa shape index (κ3) is 3.79. The highest BCUT2D eigenvalue weighted by molar-refractivity contribution is 5.97. The number of aryl methyl sites for hydroxylation is 1. The van der Waals surface area contributed by atoms with Gasteiger partial charge in [-0.05, 0) is 12.8 Å². The smallest absolute Gasteiger partial charge is 0.320 e. The minimum absolute atomic E-state index is 0.0976. The van der Waals surface area contributed by atoms with E-state index in [1.807, 2.05) is 27.9 Å². The number of aromatic nitrogens is 2. The molecule has 0 aliphatic carbocycles. The molecule has 0 saturated carbocycles. The molecular formula is C18H28N6O3. The van der Waals surface area contributed by atoms with Crippen LogP contribution in [-0.4, -0.2) is 101 Å². The Balaban J connectivity index is 1.34. The van der Waals surface area contributed by atoms with Crippen molar-refractivity contribution in [1.29, 1.82) is 0 Å². The summed E-state index contributed by atoms with van der Waals surface area (Å²) in [5.74, 6) is 0.155. The Morgan fingerprint density at radius 1 is 1.07 bits per heavy atom. The second-order valence-electron chi connectivity index (χ2n) is 7.43. The molecule has 0 spiro atoms. The molecule has 1 atom stereocenters. The van der Waals surface area contributed by atoms with Gasteiger partial charge < -0.3 is 19.4 Å². The van der Waals surface area contributed by atoms with Gasteiger partial charge in [0.05, 0.1) is 31.1 Å². The number of piperazine rings is 1. The zero-order chi connectivity index (χ0) is 18.8. The van der Waals surface area contributed by atoms with Crippen molar-refractivity contribution in [2.24, 2.45) is 7.05 Å². The molecule has 3 amide bonds. The van der Waals surface area contributed by atoms with Gasteiger partial charge in [-0.15, -0.1) is 0 Å². The lowest BCUT2D eigenvalue weighted by atomic mass is 10.0. The highest BCUT2D eigenvalue weighted by Crippen LogP contribution is 2.24. The average Bonchev–Trinajstić information content (AvgIpc) is 3.14. The average molecular weight is 376 g/mol. The van der Waals surface area contributed by atoms with Crippen molar-refractivity contribution in [3.63, 3.8) is 0 Å². The fraction of sp³-hybridized carbons (Fsp3) is 0.722. The first kappa shape index (κ1) is 18.2. The van der Waals surface area contributed by atoms with Crippen LogP contribution in [0.5, 0.6) is 0 Å². The van der Waals surface area contributed by atoms with E-state index in [2.05, 4.69) is 10.00 Å². The van der Waals surface area contributed by atoms with Crippen LogP contribution in [0.2, 0.25) is 0 Å². The summed E-state index contributed by atoms with van der Waals surface area (Å²) in [7, 11) is 1.86. The summed E-state index contributed by atoms with van der Waals surface area (Å²) < 4.78 is 7.05. The summed E-state index contributed by atoms with van der Waals surface area (Å²) in [5.41, 5.74) is 0.869. The summed E-state index contributed by atoms with van der Waals surface area (Å²) in [6.07, 6.45) is 5.50. The van der Waals surface area contributed by atoms with Gasteiger partial charge in [0.25, 0.3) is 0 Å². The number of morpholine rings is 1. The summed E-state index contributed by atoms with van der Waals surface area (Å²) in [4.78, 5) is 33.6. The molecule has 1 aromatic rings. The van der Waals surface area contributed by atoms with Crippen molar-refractivity contribution < 1.29 is 14.3 Å². The molecule has 1 aromatic heterocycles. The first-order valence-electron chi connectivity index (χ1n) is 9.79. The first-order chi connectivity index (χ1) is 13.1. The van der Waals surface area contributed by atoms with Gasteiger partial charge >= 0.3 is 6.03 Å². The van der Waals surface area contributed by atoms with Gasteiger partial charge in [-0.2, -0.15) is 5.10 Å². The normalized spacial score (nSPS) is 25.1. The Kier molecular flexibility index (Phi) is 5.31. The Bertz CT molecular complexity index is 678. The number of piperidine rings is 1. The van der Waals surface area contributed by atoms with Gasteiger partial charge in [-0.3, -0.25) is 14.4 Å². The van der Waals surface area contributed by atoms with Crippen LogP contribution in [0.15, 0.2) is 12.4 Å². The van der Waals surface area contributed by atoms with Gasteiger partial charge in [-0.25, -0.2) is 4.79 Å². The molecule has 0 N–H and O–H groups in total. The predicted octanol–water partition coefficient (Wildman–Crippen LogP) is -0.0147. The van der Waals surface area contributed by atoms with Gasteiger partial charge in [0.2, 0.25) is 5.91 Å². The lowest BCUT2D eigenvalue weighted by Crippen LogP contribution is -2.60. The summed E-state index contributed by atoms with van der Waals surface area (Å²) in [5, 5.41) is 4.19. The van der Waals surface area contributed by atoms with E-state index in [9.17, 15) is 9.59 Å². The number of hydrogen-bond donors (Lipinski definition) is 0. The Hall–Kier alpha value is -2.13. The van der Waals surface area contributed by atoms with E-state index < -0.39 is 0 Å². The van der Waals surface area contributed by atoms with Crippen LogP contribution in [0.3, 0.4) is 0 Å². The van der Waals surface area contributed by atoms with E-state index in [1.54, 1.807) is 10.9 Å². The van der Waals surface area contributed by atoms with Crippen LogP contribution < -0.4 is 4.90 Å². The van der Waals surface area contributed by atoms with Gasteiger partial charge in [-0.1, -0.05) is 0 Å². The van der Waals surface area contributed by atoms with Crippen LogP contribution in [0, 0.1) is 0 Å². The molecule has 1 unspecified atom stereocenters. The maximum absolute atomic E-state index is 13.0. The molecule has 3 aliphatic rings. The summed E-state index contributed by atoms with van der Waals surface area (Å²) in [6, 6.07) is 0.00417. The SMILES string of the molecule is Cn1cc(N2CCCC(N3CCN(C(=O)N4CCOCC4)CC3)C2=O)cn1. The number of urea groups is 1. The third-order valence-corrected chi connectivity index (χ3v) is 5.72. The molecular weight excluding hydrogens is 348 g/mol. The highest BCUT2D eigenvalue weighted by Gasteiger charge is 2.36. The molecule has 0 aromatic carbocycles. The van der Waals surface area contributed by atoms with Crippen molar-refractivity contribution in [3.05, 3.63) is 12.4 Å². The number of rotatable bonds is 2. The monoisotopic (exact) mass is 376 g/mol. The van der Waals surface area contributed by atoms with Gasteiger partial charge in [0.1, 0.15) is 0 Å². The third-order valence-electron chi connectivity index (χ3n) is 5.72. The molecule has 9 nitrogen and oxygen atoms in total. The molecule has 3 saturated heterocycles. The zero-order valence-electron chi connectivity index (χ0n) is 15.9. The number of carbonyl (C=O) groups excluding carboxylic acids is 2. The molecule has 9 heteroatoms. The van der Waals surface area contributed by atoms with E-state index in [0.29, 0.717) is 39.4 Å². The van der Waals surface area contributed by atoms with Crippen LogP contribution in [-0.2, 0) is 16.6 Å². The highest BCUT2D eigenvalue weighted by atomic mass is 16.5. The van der Waals surface area contributed by atoms with Crippen LogP contribution >= 0.6 is 0 Å². The van der Waals surface area contributed by atoms with Crippen molar-refractivity contribution in [2.45, 2.75) is 18.9 Å². The Labute approximate surface area is 159 Å². The number of anilines is 1. The lowest BCUT2D eigenvalue weighted by molar-refractivity contribution is -0.126. The van der Waals surface area contributed by atoms with Crippen molar-refractivity contribution in [2.75, 3.05) is 63.9 Å². The van der Waals surface area contributed by atoms with Gasteiger partial charge in [0, 0.05) is 59.1 Å². The Morgan fingerprint density at radius 3 is 2.44 bits per heavy atom. The van der Waals surface area contributed by atoms with E-state index in [4.69, 9.17) is 4.74 Å². The van der Waals surface area contributed by atoms with Crippen LogP contribution in [0.1, 0.15) is 12.8 Å².